The number of halogens is 1. The fraction of sp³-hybridized carbons (Fsp3) is 0.100. The lowest BCUT2D eigenvalue weighted by Crippen LogP contribution is -1.89. The molecule has 72 valence electrons. The third kappa shape index (κ3) is 1.61. The number of methoxy groups -OCH3 is 1. The summed E-state index contributed by atoms with van der Waals surface area (Å²) in [5, 5.41) is 1.90. The van der Waals surface area contributed by atoms with Gasteiger partial charge in [-0.05, 0) is 12.1 Å². The molecule has 0 unspecified atom stereocenters. The fourth-order valence-corrected chi connectivity index (χ4v) is 1.77. The van der Waals surface area contributed by atoms with Crippen LogP contribution in [0.15, 0.2) is 29.1 Å². The Hall–Kier alpha value is -1.42. The van der Waals surface area contributed by atoms with Crippen molar-refractivity contribution < 1.29 is 9.13 Å². The molecular weight excluding hydrogens is 201 g/mol. The molecule has 2 aromatic rings. The topological polar surface area (TPSA) is 22.1 Å². The van der Waals surface area contributed by atoms with Crippen molar-refractivity contribution in [2.45, 2.75) is 0 Å². The summed E-state index contributed by atoms with van der Waals surface area (Å²) in [6.07, 6.45) is 0. The van der Waals surface area contributed by atoms with Crippen LogP contribution >= 0.6 is 11.3 Å². The van der Waals surface area contributed by atoms with Crippen molar-refractivity contribution in [1.29, 1.82) is 0 Å². The minimum atomic E-state index is -0.305. The monoisotopic (exact) mass is 209 g/mol. The van der Waals surface area contributed by atoms with Gasteiger partial charge in [0.2, 0.25) is 0 Å². The zero-order valence-electron chi connectivity index (χ0n) is 7.53. The van der Waals surface area contributed by atoms with Crippen LogP contribution in [0.3, 0.4) is 0 Å². The number of aromatic nitrogens is 1. The molecule has 0 saturated carbocycles. The zero-order valence-corrected chi connectivity index (χ0v) is 8.34. The van der Waals surface area contributed by atoms with Gasteiger partial charge in [0, 0.05) is 17.0 Å². The molecule has 0 radical (unpaired) electrons. The Morgan fingerprint density at radius 2 is 2.29 bits per heavy atom. The van der Waals surface area contributed by atoms with Crippen molar-refractivity contribution in [3.05, 3.63) is 34.9 Å². The summed E-state index contributed by atoms with van der Waals surface area (Å²) in [6, 6.07) is 4.43. The average Bonchev–Trinajstić information content (AvgIpc) is 2.70. The SMILES string of the molecule is COc1cc(F)ccc1-c1cscn1. The molecule has 0 fully saturated rings. The van der Waals surface area contributed by atoms with E-state index in [2.05, 4.69) is 4.98 Å². The predicted molar refractivity (Wildman–Crippen MR) is 54.1 cm³/mol. The van der Waals surface area contributed by atoms with Gasteiger partial charge in [0.05, 0.1) is 18.3 Å². The number of nitrogens with zero attached hydrogens (tertiary/aromatic N) is 1. The summed E-state index contributed by atoms with van der Waals surface area (Å²) in [4.78, 5) is 4.14. The van der Waals surface area contributed by atoms with Crippen LogP contribution in [0.1, 0.15) is 0 Å². The van der Waals surface area contributed by atoms with E-state index in [4.69, 9.17) is 4.74 Å². The van der Waals surface area contributed by atoms with Crippen molar-refractivity contribution in [2.75, 3.05) is 7.11 Å². The molecule has 0 saturated heterocycles. The Labute approximate surface area is 85.0 Å². The van der Waals surface area contributed by atoms with Crippen molar-refractivity contribution >= 4 is 11.3 Å². The van der Waals surface area contributed by atoms with Gasteiger partial charge in [-0.1, -0.05) is 0 Å². The number of thiazole rings is 1. The summed E-state index contributed by atoms with van der Waals surface area (Å²) < 4.78 is 18.0. The van der Waals surface area contributed by atoms with E-state index in [1.54, 1.807) is 11.6 Å². The first-order valence-electron chi connectivity index (χ1n) is 4.03. The second-order valence-corrected chi connectivity index (χ2v) is 3.44. The normalized spacial score (nSPS) is 10.1. The lowest BCUT2D eigenvalue weighted by molar-refractivity contribution is 0.413. The van der Waals surface area contributed by atoms with Crippen LogP contribution in [0.4, 0.5) is 4.39 Å². The molecule has 1 aromatic heterocycles. The van der Waals surface area contributed by atoms with E-state index in [0.717, 1.165) is 11.3 Å². The highest BCUT2D eigenvalue weighted by molar-refractivity contribution is 7.07. The fourth-order valence-electron chi connectivity index (χ4n) is 1.22. The first-order valence-corrected chi connectivity index (χ1v) is 4.97. The van der Waals surface area contributed by atoms with Crippen molar-refractivity contribution in [2.24, 2.45) is 0 Å². The minimum Gasteiger partial charge on any atom is -0.496 e. The number of hydrogen-bond donors (Lipinski definition) is 0. The van der Waals surface area contributed by atoms with Crippen LogP contribution in [-0.2, 0) is 0 Å². The largest absolute Gasteiger partial charge is 0.496 e. The van der Waals surface area contributed by atoms with Crippen LogP contribution in [0.2, 0.25) is 0 Å². The molecule has 2 nitrogen and oxygen atoms in total. The van der Waals surface area contributed by atoms with Crippen molar-refractivity contribution in [3.63, 3.8) is 0 Å². The molecule has 0 atom stereocenters. The molecule has 0 bridgehead atoms. The average molecular weight is 209 g/mol. The number of rotatable bonds is 2. The second kappa shape index (κ2) is 3.75. The van der Waals surface area contributed by atoms with Crippen LogP contribution in [0.5, 0.6) is 5.75 Å². The summed E-state index contributed by atoms with van der Waals surface area (Å²) in [5.41, 5.74) is 3.36. The molecule has 0 spiro atoms. The smallest absolute Gasteiger partial charge is 0.131 e. The van der Waals surface area contributed by atoms with Gasteiger partial charge in [-0.2, -0.15) is 0 Å². The number of benzene rings is 1. The van der Waals surface area contributed by atoms with E-state index in [9.17, 15) is 4.39 Å². The third-order valence-corrected chi connectivity index (χ3v) is 2.46. The Morgan fingerprint density at radius 1 is 1.43 bits per heavy atom. The Kier molecular flexibility index (Phi) is 2.45. The van der Waals surface area contributed by atoms with Crippen LogP contribution in [0.25, 0.3) is 11.3 Å². The van der Waals surface area contributed by atoms with E-state index in [-0.39, 0.29) is 5.82 Å². The van der Waals surface area contributed by atoms with Gasteiger partial charge in [-0.15, -0.1) is 11.3 Å². The summed E-state index contributed by atoms with van der Waals surface area (Å²) in [6.45, 7) is 0. The van der Waals surface area contributed by atoms with E-state index < -0.39 is 0 Å². The quantitative estimate of drug-likeness (QED) is 0.758. The maximum absolute atomic E-state index is 12.9. The molecule has 1 heterocycles. The third-order valence-electron chi connectivity index (χ3n) is 1.87. The van der Waals surface area contributed by atoms with Crippen LogP contribution in [0, 0.1) is 5.82 Å². The first-order chi connectivity index (χ1) is 6.81. The number of hydrogen-bond acceptors (Lipinski definition) is 3. The zero-order chi connectivity index (χ0) is 9.97. The van der Waals surface area contributed by atoms with Gasteiger partial charge in [0.15, 0.2) is 0 Å². The predicted octanol–water partition coefficient (Wildman–Crippen LogP) is 2.96. The molecule has 0 aliphatic heterocycles. The maximum Gasteiger partial charge on any atom is 0.131 e. The molecule has 0 amide bonds. The van der Waals surface area contributed by atoms with Crippen LogP contribution in [-0.4, -0.2) is 12.1 Å². The van der Waals surface area contributed by atoms with E-state index in [1.165, 1.54) is 30.6 Å². The van der Waals surface area contributed by atoms with Gasteiger partial charge in [-0.3, -0.25) is 0 Å². The van der Waals surface area contributed by atoms with Crippen LogP contribution < -0.4 is 4.74 Å². The van der Waals surface area contributed by atoms with Crippen molar-refractivity contribution in [3.8, 4) is 17.0 Å². The standard InChI is InChI=1S/C10H8FNOS/c1-13-10-4-7(11)2-3-8(10)9-5-14-6-12-9/h2-6H,1H3. The highest BCUT2D eigenvalue weighted by Crippen LogP contribution is 2.29. The minimum absolute atomic E-state index is 0.305. The molecular formula is C10H8FNOS. The first kappa shape index (κ1) is 9.15. The number of ether oxygens (including phenoxy) is 1. The second-order valence-electron chi connectivity index (χ2n) is 2.72. The van der Waals surface area contributed by atoms with Crippen molar-refractivity contribution in [1.82, 2.24) is 4.98 Å². The Balaban J connectivity index is 2.53. The Bertz CT molecular complexity index is 428. The summed E-state index contributed by atoms with van der Waals surface area (Å²) in [7, 11) is 1.52. The molecule has 4 heteroatoms. The molecule has 0 N–H and O–H groups in total. The van der Waals surface area contributed by atoms with E-state index in [1.807, 2.05) is 5.38 Å². The lowest BCUT2D eigenvalue weighted by atomic mass is 10.1. The van der Waals surface area contributed by atoms with Gasteiger partial charge in [-0.25, -0.2) is 9.37 Å². The maximum atomic E-state index is 12.9. The van der Waals surface area contributed by atoms with Gasteiger partial charge >= 0.3 is 0 Å². The summed E-state index contributed by atoms with van der Waals surface area (Å²) >= 11 is 1.50. The molecule has 0 aliphatic carbocycles. The van der Waals surface area contributed by atoms with E-state index in [0.29, 0.717) is 5.75 Å². The highest BCUT2D eigenvalue weighted by Gasteiger charge is 2.07. The van der Waals surface area contributed by atoms with E-state index >= 15 is 0 Å². The molecule has 14 heavy (non-hydrogen) atoms. The Morgan fingerprint density at radius 3 is 2.93 bits per heavy atom. The van der Waals surface area contributed by atoms with Gasteiger partial charge in [0.1, 0.15) is 11.6 Å². The van der Waals surface area contributed by atoms with Gasteiger partial charge in [0.25, 0.3) is 0 Å². The van der Waals surface area contributed by atoms with Gasteiger partial charge < -0.3 is 4.74 Å². The molecule has 2 rings (SSSR count). The summed E-state index contributed by atoms with van der Waals surface area (Å²) in [5.74, 6) is 0.205. The lowest BCUT2D eigenvalue weighted by Gasteiger charge is -2.05. The molecule has 0 aliphatic rings. The molecule has 1 aromatic carbocycles. The highest BCUT2D eigenvalue weighted by atomic mass is 32.1.